The first-order valence-corrected chi connectivity index (χ1v) is 8.51. The fraction of sp³-hybridized carbons (Fsp3) is 0.250. The number of hydrogen-bond donors (Lipinski definition) is 2. The van der Waals surface area contributed by atoms with Crippen LogP contribution in [0.15, 0.2) is 29.3 Å². The molecule has 0 aliphatic carbocycles. The lowest BCUT2D eigenvalue weighted by atomic mass is 10.2. The van der Waals surface area contributed by atoms with Crippen LogP contribution in [0.5, 0.6) is 0 Å². The number of nitrogens with one attached hydrogen (secondary N) is 2. The molecule has 0 radical (unpaired) electrons. The van der Waals surface area contributed by atoms with Crippen molar-refractivity contribution in [2.45, 2.75) is 20.4 Å². The second-order valence-corrected chi connectivity index (χ2v) is 6.68. The van der Waals surface area contributed by atoms with Crippen LogP contribution in [0, 0.1) is 6.92 Å². The Labute approximate surface area is 141 Å². The lowest BCUT2D eigenvalue weighted by Gasteiger charge is -2.03. The summed E-state index contributed by atoms with van der Waals surface area (Å²) in [5, 5.41) is 3.93. The van der Waals surface area contributed by atoms with Crippen molar-refractivity contribution >= 4 is 38.7 Å². The topological polar surface area (TPSA) is 88.5 Å². The van der Waals surface area contributed by atoms with E-state index in [9.17, 15) is 4.79 Å². The van der Waals surface area contributed by atoms with E-state index in [1.165, 1.54) is 5.56 Å². The third kappa shape index (κ3) is 2.54. The van der Waals surface area contributed by atoms with Crippen molar-refractivity contribution < 1.29 is 0 Å². The molecule has 0 aliphatic rings. The average molecular weight is 340 g/mol. The first kappa shape index (κ1) is 14.8. The van der Waals surface area contributed by atoms with Gasteiger partial charge in [0, 0.05) is 6.54 Å². The van der Waals surface area contributed by atoms with Gasteiger partial charge in [-0.25, -0.2) is 9.97 Å². The van der Waals surface area contributed by atoms with E-state index in [4.69, 9.17) is 0 Å². The van der Waals surface area contributed by atoms with E-state index in [2.05, 4.69) is 50.4 Å². The summed E-state index contributed by atoms with van der Waals surface area (Å²) in [6.07, 6.45) is 1.64. The van der Waals surface area contributed by atoms with Crippen molar-refractivity contribution in [3.63, 3.8) is 0 Å². The number of aromatic nitrogens is 5. The van der Waals surface area contributed by atoms with Gasteiger partial charge in [0.1, 0.15) is 5.01 Å². The van der Waals surface area contributed by atoms with Gasteiger partial charge in [-0.1, -0.05) is 6.07 Å². The fourth-order valence-corrected chi connectivity index (χ4v) is 3.60. The average Bonchev–Trinajstić information content (AvgIpc) is 3.11. The van der Waals surface area contributed by atoms with Gasteiger partial charge in [-0.3, -0.25) is 9.78 Å². The number of hydrogen-bond acceptors (Lipinski definition) is 6. The van der Waals surface area contributed by atoms with Gasteiger partial charge in [0.15, 0.2) is 11.2 Å². The van der Waals surface area contributed by atoms with Gasteiger partial charge in [0.2, 0.25) is 5.95 Å². The molecule has 3 aromatic heterocycles. The number of imidazole rings is 1. The standard InChI is InChI=1S/C16H16N6OS/c1-3-17-16-20-14-13(15(23)21-16)22(8-18-14)7-12-19-10-6-9(2)4-5-11(10)24-12/h4-6,8H,3,7H2,1-2H3,(H2,17,20,21,23). The van der Waals surface area contributed by atoms with Crippen molar-refractivity contribution in [3.05, 3.63) is 45.5 Å². The highest BCUT2D eigenvalue weighted by Gasteiger charge is 2.12. The highest BCUT2D eigenvalue weighted by atomic mass is 32.1. The summed E-state index contributed by atoms with van der Waals surface area (Å²) in [6.45, 7) is 5.17. The molecule has 0 saturated heterocycles. The van der Waals surface area contributed by atoms with Crippen LogP contribution in [-0.4, -0.2) is 31.0 Å². The number of benzene rings is 1. The van der Waals surface area contributed by atoms with E-state index in [-0.39, 0.29) is 5.56 Å². The van der Waals surface area contributed by atoms with Crippen LogP contribution in [0.2, 0.25) is 0 Å². The summed E-state index contributed by atoms with van der Waals surface area (Å²) in [4.78, 5) is 28.3. The van der Waals surface area contributed by atoms with Gasteiger partial charge in [-0.05, 0) is 31.5 Å². The van der Waals surface area contributed by atoms with E-state index in [1.54, 1.807) is 22.2 Å². The molecule has 4 rings (SSSR count). The van der Waals surface area contributed by atoms with E-state index < -0.39 is 0 Å². The molecule has 8 heteroatoms. The van der Waals surface area contributed by atoms with Crippen molar-refractivity contribution in [2.24, 2.45) is 0 Å². The van der Waals surface area contributed by atoms with Crippen molar-refractivity contribution in [1.82, 2.24) is 24.5 Å². The number of H-pyrrole nitrogens is 1. The van der Waals surface area contributed by atoms with E-state index >= 15 is 0 Å². The highest BCUT2D eigenvalue weighted by Crippen LogP contribution is 2.24. The zero-order valence-corrected chi connectivity index (χ0v) is 14.1. The minimum Gasteiger partial charge on any atom is -0.356 e. The first-order valence-electron chi connectivity index (χ1n) is 7.69. The maximum Gasteiger partial charge on any atom is 0.278 e. The maximum atomic E-state index is 12.3. The van der Waals surface area contributed by atoms with Gasteiger partial charge >= 0.3 is 0 Å². The Bertz CT molecular complexity index is 1090. The Hall–Kier alpha value is -2.74. The smallest absolute Gasteiger partial charge is 0.278 e. The Morgan fingerprint density at radius 3 is 3.04 bits per heavy atom. The predicted molar refractivity (Wildman–Crippen MR) is 95.8 cm³/mol. The SMILES string of the molecule is CCNc1nc2ncn(Cc3nc4cc(C)ccc4s3)c2c(=O)[nH]1. The third-order valence-electron chi connectivity index (χ3n) is 3.72. The van der Waals surface area contributed by atoms with Gasteiger partial charge in [-0.15, -0.1) is 11.3 Å². The molecule has 0 amide bonds. The molecule has 0 aliphatic heterocycles. The second-order valence-electron chi connectivity index (χ2n) is 5.57. The molecule has 24 heavy (non-hydrogen) atoms. The predicted octanol–water partition coefficient (Wildman–Crippen LogP) is 2.52. The van der Waals surface area contributed by atoms with Crippen LogP contribution < -0.4 is 10.9 Å². The molecule has 1 aromatic carbocycles. The van der Waals surface area contributed by atoms with Crippen molar-refractivity contribution in [2.75, 3.05) is 11.9 Å². The zero-order valence-electron chi connectivity index (χ0n) is 13.3. The van der Waals surface area contributed by atoms with Crippen LogP contribution in [0.3, 0.4) is 0 Å². The van der Waals surface area contributed by atoms with Crippen LogP contribution in [0.1, 0.15) is 17.5 Å². The summed E-state index contributed by atoms with van der Waals surface area (Å²) in [7, 11) is 0. The summed E-state index contributed by atoms with van der Waals surface area (Å²) in [5.41, 5.74) is 2.87. The Kier molecular flexibility index (Phi) is 3.53. The third-order valence-corrected chi connectivity index (χ3v) is 4.74. The van der Waals surface area contributed by atoms with Crippen LogP contribution in [-0.2, 0) is 6.54 Å². The molecule has 122 valence electrons. The summed E-state index contributed by atoms with van der Waals surface area (Å²) < 4.78 is 2.93. The minimum absolute atomic E-state index is 0.203. The molecular formula is C16H16N6OS. The van der Waals surface area contributed by atoms with Crippen molar-refractivity contribution in [1.29, 1.82) is 0 Å². The Morgan fingerprint density at radius 2 is 2.21 bits per heavy atom. The molecule has 0 spiro atoms. The summed E-state index contributed by atoms with van der Waals surface area (Å²) >= 11 is 1.63. The van der Waals surface area contributed by atoms with Gasteiger partial charge < -0.3 is 9.88 Å². The molecule has 2 N–H and O–H groups in total. The van der Waals surface area contributed by atoms with Crippen molar-refractivity contribution in [3.8, 4) is 0 Å². The van der Waals surface area contributed by atoms with Crippen LogP contribution >= 0.6 is 11.3 Å². The quantitative estimate of drug-likeness (QED) is 0.596. The zero-order chi connectivity index (χ0) is 16.7. The first-order chi connectivity index (χ1) is 11.6. The van der Waals surface area contributed by atoms with Gasteiger partial charge in [0.25, 0.3) is 5.56 Å². The van der Waals surface area contributed by atoms with Crippen LogP contribution in [0.25, 0.3) is 21.4 Å². The van der Waals surface area contributed by atoms with Gasteiger partial charge in [-0.2, -0.15) is 4.98 Å². The van der Waals surface area contributed by atoms with E-state index in [1.807, 2.05) is 6.92 Å². The van der Waals surface area contributed by atoms with E-state index in [0.717, 1.165) is 15.2 Å². The normalized spacial score (nSPS) is 11.4. The number of aromatic amines is 1. The molecule has 4 aromatic rings. The number of thiazole rings is 1. The lowest BCUT2D eigenvalue weighted by molar-refractivity contribution is 0.814. The second kappa shape index (κ2) is 5.72. The molecule has 0 unspecified atom stereocenters. The number of aryl methyl sites for hydroxylation is 1. The Balaban J connectivity index is 1.74. The maximum absolute atomic E-state index is 12.3. The summed E-state index contributed by atoms with van der Waals surface area (Å²) in [6, 6.07) is 6.22. The minimum atomic E-state index is -0.203. The molecule has 0 saturated carbocycles. The Morgan fingerprint density at radius 1 is 1.33 bits per heavy atom. The number of nitrogens with zero attached hydrogens (tertiary/aromatic N) is 4. The largest absolute Gasteiger partial charge is 0.356 e. The van der Waals surface area contributed by atoms with Crippen LogP contribution in [0.4, 0.5) is 5.95 Å². The monoisotopic (exact) mass is 340 g/mol. The van der Waals surface area contributed by atoms with E-state index in [0.29, 0.717) is 30.2 Å². The molecule has 3 heterocycles. The summed E-state index contributed by atoms with van der Waals surface area (Å²) in [5.74, 6) is 0.440. The fourth-order valence-electron chi connectivity index (χ4n) is 2.66. The van der Waals surface area contributed by atoms with Gasteiger partial charge in [0.05, 0.1) is 23.1 Å². The molecule has 0 bridgehead atoms. The molecule has 0 fully saturated rings. The molecule has 7 nitrogen and oxygen atoms in total. The number of rotatable bonds is 4. The number of anilines is 1. The lowest BCUT2D eigenvalue weighted by Crippen LogP contribution is -2.15. The highest BCUT2D eigenvalue weighted by molar-refractivity contribution is 7.18. The molecule has 0 atom stereocenters. The number of fused-ring (bicyclic) bond motifs is 2. The molecular weight excluding hydrogens is 324 g/mol.